The molecular formula is C21H24N4O5S2. The van der Waals surface area contributed by atoms with Crippen LogP contribution in [0.15, 0.2) is 46.8 Å². The number of morpholine rings is 1. The molecule has 1 N–H and O–H groups in total. The predicted molar refractivity (Wildman–Crippen MR) is 121 cm³/mol. The van der Waals surface area contributed by atoms with Crippen LogP contribution in [0.1, 0.15) is 5.69 Å². The van der Waals surface area contributed by atoms with E-state index in [0.717, 1.165) is 5.69 Å². The van der Waals surface area contributed by atoms with Gasteiger partial charge in [0.15, 0.2) is 0 Å². The Labute approximate surface area is 190 Å². The molecule has 1 saturated heterocycles. The maximum Gasteiger partial charge on any atom is 0.263 e. The summed E-state index contributed by atoms with van der Waals surface area (Å²) >= 11 is 1.40. The minimum atomic E-state index is -3.90. The molecule has 3 heterocycles. The van der Waals surface area contributed by atoms with Crippen LogP contribution < -0.4 is 9.46 Å². The number of benzene rings is 1. The van der Waals surface area contributed by atoms with E-state index in [2.05, 4.69) is 9.71 Å². The Hall–Kier alpha value is -2.89. The zero-order chi connectivity index (χ0) is 22.7. The van der Waals surface area contributed by atoms with E-state index in [9.17, 15) is 13.2 Å². The number of aryl methyl sites for hydroxylation is 1. The summed E-state index contributed by atoms with van der Waals surface area (Å²) in [6.07, 6.45) is 1.48. The highest BCUT2D eigenvalue weighted by Gasteiger charge is 2.24. The zero-order valence-corrected chi connectivity index (χ0v) is 19.4. The van der Waals surface area contributed by atoms with E-state index in [-0.39, 0.29) is 17.3 Å². The lowest BCUT2D eigenvalue weighted by Crippen LogP contribution is -2.42. The van der Waals surface area contributed by atoms with Crippen molar-refractivity contribution >= 4 is 33.0 Å². The van der Waals surface area contributed by atoms with Crippen LogP contribution in [0.25, 0.3) is 10.7 Å². The first-order chi connectivity index (χ1) is 15.4. The highest BCUT2D eigenvalue weighted by Crippen LogP contribution is 2.29. The van der Waals surface area contributed by atoms with Gasteiger partial charge in [-0.1, -0.05) is 6.07 Å². The quantitative estimate of drug-likeness (QED) is 0.562. The van der Waals surface area contributed by atoms with Crippen molar-refractivity contribution in [2.75, 3.05) is 38.1 Å². The van der Waals surface area contributed by atoms with Crippen LogP contribution in [0.3, 0.4) is 0 Å². The molecule has 11 heteroatoms. The molecule has 2 aromatic heterocycles. The number of hydrogen-bond acceptors (Lipinski definition) is 7. The molecule has 0 saturated carbocycles. The molecule has 1 aliphatic heterocycles. The van der Waals surface area contributed by atoms with Crippen molar-refractivity contribution in [1.82, 2.24) is 14.5 Å². The van der Waals surface area contributed by atoms with Gasteiger partial charge in [-0.05, 0) is 25.1 Å². The van der Waals surface area contributed by atoms with E-state index in [4.69, 9.17) is 9.47 Å². The largest absolute Gasteiger partial charge is 0.497 e. The number of sulfonamides is 1. The Morgan fingerprint density at radius 1 is 1.28 bits per heavy atom. The SMILES string of the molecule is COc1cccc(NS(=O)(=O)c2cc(-c3nc(C)cs3)n(CC(=O)N3CCOCC3)c2)c1. The predicted octanol–water partition coefficient (Wildman–Crippen LogP) is 2.59. The number of nitrogens with one attached hydrogen (secondary N) is 1. The summed E-state index contributed by atoms with van der Waals surface area (Å²) in [5, 5.41) is 2.54. The summed E-state index contributed by atoms with van der Waals surface area (Å²) in [4.78, 5) is 19.1. The molecule has 1 fully saturated rings. The highest BCUT2D eigenvalue weighted by molar-refractivity contribution is 7.92. The van der Waals surface area contributed by atoms with Crippen molar-refractivity contribution in [1.29, 1.82) is 0 Å². The van der Waals surface area contributed by atoms with Crippen molar-refractivity contribution < 1.29 is 22.7 Å². The average molecular weight is 477 g/mol. The Morgan fingerprint density at radius 2 is 2.06 bits per heavy atom. The first kappa shape index (κ1) is 22.3. The molecule has 0 bridgehead atoms. The maximum atomic E-state index is 13.1. The second-order valence-corrected chi connectivity index (χ2v) is 9.85. The summed E-state index contributed by atoms with van der Waals surface area (Å²) in [5.41, 5.74) is 1.79. The maximum absolute atomic E-state index is 13.1. The summed E-state index contributed by atoms with van der Waals surface area (Å²) in [5.74, 6) is 0.445. The first-order valence-corrected chi connectivity index (χ1v) is 12.4. The van der Waals surface area contributed by atoms with Gasteiger partial charge in [0, 0.05) is 36.4 Å². The number of rotatable bonds is 7. The van der Waals surface area contributed by atoms with Gasteiger partial charge in [-0.3, -0.25) is 9.52 Å². The van der Waals surface area contributed by atoms with Crippen molar-refractivity contribution in [2.45, 2.75) is 18.4 Å². The molecule has 0 aliphatic carbocycles. The number of thiazole rings is 1. The average Bonchev–Trinajstić information content (AvgIpc) is 3.40. The van der Waals surface area contributed by atoms with Crippen LogP contribution in [0.2, 0.25) is 0 Å². The third kappa shape index (κ3) is 4.95. The number of aromatic nitrogens is 2. The fraction of sp³-hybridized carbons (Fsp3) is 0.333. The molecule has 32 heavy (non-hydrogen) atoms. The second-order valence-electron chi connectivity index (χ2n) is 7.31. The standard InChI is InChI=1S/C21H24N4O5S2/c1-15-14-31-21(22-15)19-11-18(12-25(19)13-20(26)24-6-8-30-9-7-24)32(27,28)23-16-4-3-5-17(10-16)29-2/h3-5,10-12,14,23H,6-9,13H2,1-2H3. The molecule has 1 aromatic carbocycles. The van der Waals surface area contributed by atoms with Crippen LogP contribution in [0.5, 0.6) is 5.75 Å². The molecule has 3 aromatic rings. The van der Waals surface area contributed by atoms with Crippen LogP contribution in [-0.4, -0.2) is 62.2 Å². The molecule has 1 aliphatic rings. The Bertz CT molecular complexity index is 1210. The highest BCUT2D eigenvalue weighted by atomic mass is 32.2. The van der Waals surface area contributed by atoms with Gasteiger partial charge in [0.2, 0.25) is 5.91 Å². The third-order valence-corrected chi connectivity index (χ3v) is 7.34. The lowest BCUT2D eigenvalue weighted by Gasteiger charge is -2.27. The van der Waals surface area contributed by atoms with E-state index in [0.29, 0.717) is 48.4 Å². The summed E-state index contributed by atoms with van der Waals surface area (Å²) < 4.78 is 40.9. The molecule has 0 spiro atoms. The number of nitrogens with zero attached hydrogens (tertiary/aromatic N) is 3. The van der Waals surface area contributed by atoms with Crippen LogP contribution in [-0.2, 0) is 26.1 Å². The molecule has 0 atom stereocenters. The molecule has 170 valence electrons. The van der Waals surface area contributed by atoms with Gasteiger partial charge >= 0.3 is 0 Å². The van der Waals surface area contributed by atoms with Crippen LogP contribution in [0, 0.1) is 6.92 Å². The summed E-state index contributed by atoms with van der Waals surface area (Å²) in [6.45, 7) is 3.93. The summed E-state index contributed by atoms with van der Waals surface area (Å²) in [6, 6.07) is 8.22. The van der Waals surface area contributed by atoms with E-state index in [1.54, 1.807) is 39.8 Å². The molecule has 0 unspecified atom stereocenters. The van der Waals surface area contributed by atoms with E-state index < -0.39 is 10.0 Å². The van der Waals surface area contributed by atoms with Gasteiger partial charge in [-0.25, -0.2) is 13.4 Å². The van der Waals surface area contributed by atoms with Crippen LogP contribution in [0.4, 0.5) is 5.69 Å². The zero-order valence-electron chi connectivity index (χ0n) is 17.8. The topological polar surface area (TPSA) is 103 Å². The smallest absolute Gasteiger partial charge is 0.263 e. The number of amides is 1. The van der Waals surface area contributed by atoms with Gasteiger partial charge in [-0.2, -0.15) is 0 Å². The third-order valence-electron chi connectivity index (χ3n) is 5.01. The van der Waals surface area contributed by atoms with Crippen molar-refractivity contribution in [3.8, 4) is 16.5 Å². The first-order valence-electron chi connectivity index (χ1n) is 10.0. The monoisotopic (exact) mass is 476 g/mol. The Balaban J connectivity index is 1.65. The number of hydrogen-bond donors (Lipinski definition) is 1. The number of anilines is 1. The second kappa shape index (κ2) is 9.31. The van der Waals surface area contributed by atoms with E-state index in [1.807, 2.05) is 12.3 Å². The van der Waals surface area contributed by atoms with Crippen molar-refractivity contribution in [2.24, 2.45) is 0 Å². The van der Waals surface area contributed by atoms with Crippen molar-refractivity contribution in [3.05, 3.63) is 47.6 Å². The Kier molecular flexibility index (Phi) is 6.49. The fourth-order valence-corrected chi connectivity index (χ4v) is 5.29. The molecule has 0 radical (unpaired) electrons. The lowest BCUT2D eigenvalue weighted by atomic mass is 10.3. The van der Waals surface area contributed by atoms with Gasteiger partial charge in [-0.15, -0.1) is 11.3 Å². The van der Waals surface area contributed by atoms with Gasteiger partial charge in [0.1, 0.15) is 22.2 Å². The van der Waals surface area contributed by atoms with Gasteiger partial charge < -0.3 is 18.9 Å². The van der Waals surface area contributed by atoms with Gasteiger partial charge in [0.05, 0.1) is 31.7 Å². The van der Waals surface area contributed by atoms with E-state index in [1.165, 1.54) is 24.6 Å². The number of ether oxygens (including phenoxy) is 2. The van der Waals surface area contributed by atoms with Crippen LogP contribution >= 0.6 is 11.3 Å². The van der Waals surface area contributed by atoms with E-state index >= 15 is 0 Å². The van der Waals surface area contributed by atoms with Crippen molar-refractivity contribution in [3.63, 3.8) is 0 Å². The van der Waals surface area contributed by atoms with Gasteiger partial charge in [0.25, 0.3) is 10.0 Å². The molecular weight excluding hydrogens is 452 g/mol. The summed E-state index contributed by atoms with van der Waals surface area (Å²) in [7, 11) is -2.38. The lowest BCUT2D eigenvalue weighted by molar-refractivity contribution is -0.135. The number of carbonyl (C=O) groups excluding carboxylic acids is 1. The minimum absolute atomic E-state index is 0.0165. The Morgan fingerprint density at radius 3 is 2.75 bits per heavy atom. The molecule has 9 nitrogen and oxygen atoms in total. The fourth-order valence-electron chi connectivity index (χ4n) is 3.37. The minimum Gasteiger partial charge on any atom is -0.497 e. The molecule has 4 rings (SSSR count). The molecule has 1 amide bonds. The number of carbonyl (C=O) groups is 1. The number of methoxy groups -OCH3 is 1. The normalized spacial score (nSPS) is 14.4.